The van der Waals surface area contributed by atoms with Crippen molar-refractivity contribution in [2.75, 3.05) is 26.2 Å². The number of halogens is 1. The minimum Gasteiger partial charge on any atom is -0.444 e. The number of piperazine rings is 1. The Kier molecular flexibility index (Phi) is 6.93. The molecule has 6 nitrogen and oxygen atoms in total. The zero-order chi connectivity index (χ0) is 20.0. The standard InChI is InChI=1S/C20H27FN2O4/c1-20(2,3)27-19(26)23-13-11-22(12-14-23)18(25)6-4-5-17(24)15-7-9-16(21)10-8-15/h7-10H,4-6,11-14H2,1-3H3. The van der Waals surface area contributed by atoms with Gasteiger partial charge in [0.05, 0.1) is 0 Å². The summed E-state index contributed by atoms with van der Waals surface area (Å²) in [6, 6.07) is 5.41. The van der Waals surface area contributed by atoms with Gasteiger partial charge in [0.25, 0.3) is 0 Å². The smallest absolute Gasteiger partial charge is 0.410 e. The van der Waals surface area contributed by atoms with Crippen molar-refractivity contribution in [1.82, 2.24) is 9.80 Å². The summed E-state index contributed by atoms with van der Waals surface area (Å²) in [5, 5.41) is 0. The van der Waals surface area contributed by atoms with Crippen LogP contribution in [0, 0.1) is 5.82 Å². The van der Waals surface area contributed by atoms with Gasteiger partial charge in [-0.2, -0.15) is 0 Å². The molecule has 27 heavy (non-hydrogen) atoms. The van der Waals surface area contributed by atoms with Crippen LogP contribution in [-0.4, -0.2) is 59.4 Å². The first-order valence-electron chi connectivity index (χ1n) is 9.20. The van der Waals surface area contributed by atoms with Gasteiger partial charge in [-0.25, -0.2) is 9.18 Å². The van der Waals surface area contributed by atoms with Crippen molar-refractivity contribution < 1.29 is 23.5 Å². The molecule has 0 radical (unpaired) electrons. The Labute approximate surface area is 159 Å². The number of amides is 2. The SMILES string of the molecule is CC(C)(C)OC(=O)N1CCN(C(=O)CCCC(=O)c2ccc(F)cc2)CC1. The maximum absolute atomic E-state index is 12.9. The van der Waals surface area contributed by atoms with Gasteiger partial charge in [0.15, 0.2) is 5.78 Å². The Morgan fingerprint density at radius 2 is 1.52 bits per heavy atom. The third-order valence-corrected chi connectivity index (χ3v) is 4.24. The number of hydrogen-bond donors (Lipinski definition) is 0. The molecule has 1 heterocycles. The van der Waals surface area contributed by atoms with Gasteiger partial charge in [-0.3, -0.25) is 9.59 Å². The van der Waals surface area contributed by atoms with E-state index in [9.17, 15) is 18.8 Å². The van der Waals surface area contributed by atoms with E-state index in [1.54, 1.807) is 9.80 Å². The summed E-state index contributed by atoms with van der Waals surface area (Å²) in [5.74, 6) is -0.504. The van der Waals surface area contributed by atoms with Crippen molar-refractivity contribution >= 4 is 17.8 Å². The molecule has 2 rings (SSSR count). The molecular formula is C20H27FN2O4. The first-order valence-corrected chi connectivity index (χ1v) is 9.20. The number of ketones is 1. The Morgan fingerprint density at radius 1 is 0.963 bits per heavy atom. The van der Waals surface area contributed by atoms with E-state index in [0.29, 0.717) is 38.2 Å². The van der Waals surface area contributed by atoms with Crippen LogP contribution in [0.5, 0.6) is 0 Å². The molecule has 1 fully saturated rings. The third-order valence-electron chi connectivity index (χ3n) is 4.24. The molecule has 1 aromatic rings. The van der Waals surface area contributed by atoms with Gasteiger partial charge in [-0.15, -0.1) is 0 Å². The highest BCUT2D eigenvalue weighted by molar-refractivity contribution is 5.96. The monoisotopic (exact) mass is 378 g/mol. The van der Waals surface area contributed by atoms with E-state index in [0.717, 1.165) is 0 Å². The van der Waals surface area contributed by atoms with Crippen LogP contribution in [0.15, 0.2) is 24.3 Å². The fraction of sp³-hybridized carbons (Fsp3) is 0.550. The van der Waals surface area contributed by atoms with E-state index < -0.39 is 5.60 Å². The van der Waals surface area contributed by atoms with Crippen LogP contribution >= 0.6 is 0 Å². The molecule has 0 N–H and O–H groups in total. The quantitative estimate of drug-likeness (QED) is 0.738. The van der Waals surface area contributed by atoms with Gasteiger partial charge in [-0.05, 0) is 51.5 Å². The second kappa shape index (κ2) is 8.97. The first kappa shape index (κ1) is 20.9. The topological polar surface area (TPSA) is 66.9 Å². The van der Waals surface area contributed by atoms with Crippen molar-refractivity contribution in [1.29, 1.82) is 0 Å². The summed E-state index contributed by atoms with van der Waals surface area (Å²) in [6.07, 6.45) is 0.607. The van der Waals surface area contributed by atoms with Gasteiger partial charge in [-0.1, -0.05) is 0 Å². The molecule has 0 bridgehead atoms. The Balaban J connectivity index is 1.71. The molecule has 0 unspecified atom stereocenters. The number of benzene rings is 1. The molecule has 0 spiro atoms. The van der Waals surface area contributed by atoms with Crippen LogP contribution < -0.4 is 0 Å². The van der Waals surface area contributed by atoms with E-state index in [4.69, 9.17) is 4.74 Å². The lowest BCUT2D eigenvalue weighted by atomic mass is 10.1. The van der Waals surface area contributed by atoms with Crippen LogP contribution in [0.4, 0.5) is 9.18 Å². The van der Waals surface area contributed by atoms with Crippen LogP contribution in [0.1, 0.15) is 50.4 Å². The van der Waals surface area contributed by atoms with Crippen molar-refractivity contribution in [2.45, 2.75) is 45.6 Å². The number of ether oxygens (including phenoxy) is 1. The van der Waals surface area contributed by atoms with Crippen LogP contribution in [0.25, 0.3) is 0 Å². The molecule has 1 aliphatic rings. The van der Waals surface area contributed by atoms with Gasteiger partial charge in [0.1, 0.15) is 11.4 Å². The van der Waals surface area contributed by atoms with Crippen LogP contribution in [-0.2, 0) is 9.53 Å². The second-order valence-corrected chi connectivity index (χ2v) is 7.63. The largest absolute Gasteiger partial charge is 0.444 e. The number of carbonyl (C=O) groups excluding carboxylic acids is 3. The minimum atomic E-state index is -0.541. The normalized spacial score (nSPS) is 14.8. The fourth-order valence-electron chi connectivity index (χ4n) is 2.80. The zero-order valence-corrected chi connectivity index (χ0v) is 16.2. The second-order valence-electron chi connectivity index (χ2n) is 7.63. The molecule has 0 aliphatic carbocycles. The lowest BCUT2D eigenvalue weighted by Gasteiger charge is -2.35. The Morgan fingerprint density at radius 3 is 2.07 bits per heavy atom. The molecule has 1 aromatic carbocycles. The number of nitrogens with zero attached hydrogens (tertiary/aromatic N) is 2. The molecule has 0 saturated carbocycles. The van der Waals surface area contributed by atoms with E-state index in [1.807, 2.05) is 20.8 Å². The van der Waals surface area contributed by atoms with E-state index in [1.165, 1.54) is 24.3 Å². The summed E-state index contributed by atoms with van der Waals surface area (Å²) in [6.45, 7) is 7.26. The van der Waals surface area contributed by atoms with E-state index >= 15 is 0 Å². The van der Waals surface area contributed by atoms with Crippen molar-refractivity contribution in [3.63, 3.8) is 0 Å². The maximum atomic E-state index is 12.9. The highest BCUT2D eigenvalue weighted by Gasteiger charge is 2.27. The molecule has 0 aromatic heterocycles. The summed E-state index contributed by atoms with van der Waals surface area (Å²) in [5.41, 5.74) is -0.0870. The predicted octanol–water partition coefficient (Wildman–Crippen LogP) is 3.26. The van der Waals surface area contributed by atoms with Gasteiger partial charge in [0, 0.05) is 44.6 Å². The summed E-state index contributed by atoms with van der Waals surface area (Å²) >= 11 is 0. The van der Waals surface area contributed by atoms with Crippen molar-refractivity contribution in [3.05, 3.63) is 35.6 Å². The zero-order valence-electron chi connectivity index (χ0n) is 16.2. The third kappa shape index (κ3) is 6.66. The van der Waals surface area contributed by atoms with Crippen molar-refractivity contribution in [2.24, 2.45) is 0 Å². The predicted molar refractivity (Wildman–Crippen MR) is 99.0 cm³/mol. The lowest BCUT2D eigenvalue weighted by Crippen LogP contribution is -2.51. The summed E-state index contributed by atoms with van der Waals surface area (Å²) < 4.78 is 18.2. The first-order chi connectivity index (χ1) is 12.7. The average molecular weight is 378 g/mol. The molecular weight excluding hydrogens is 351 g/mol. The number of Topliss-reactive ketones (excluding diaryl/α,β-unsaturated/α-hetero) is 1. The number of hydrogen-bond acceptors (Lipinski definition) is 4. The van der Waals surface area contributed by atoms with Gasteiger partial charge >= 0.3 is 6.09 Å². The lowest BCUT2D eigenvalue weighted by molar-refractivity contribution is -0.133. The summed E-state index contributed by atoms with van der Waals surface area (Å²) in [4.78, 5) is 39.7. The number of carbonyl (C=O) groups is 3. The van der Waals surface area contributed by atoms with Crippen molar-refractivity contribution in [3.8, 4) is 0 Å². The van der Waals surface area contributed by atoms with E-state index in [2.05, 4.69) is 0 Å². The molecule has 7 heteroatoms. The fourth-order valence-corrected chi connectivity index (χ4v) is 2.80. The Hall–Kier alpha value is -2.44. The highest BCUT2D eigenvalue weighted by Crippen LogP contribution is 2.14. The minimum absolute atomic E-state index is 0.0225. The van der Waals surface area contributed by atoms with Crippen LogP contribution in [0.3, 0.4) is 0 Å². The Bertz CT molecular complexity index is 674. The summed E-state index contributed by atoms with van der Waals surface area (Å²) in [7, 11) is 0. The van der Waals surface area contributed by atoms with Gasteiger partial charge < -0.3 is 14.5 Å². The van der Waals surface area contributed by atoms with Crippen LogP contribution in [0.2, 0.25) is 0 Å². The molecule has 1 aliphatic heterocycles. The van der Waals surface area contributed by atoms with E-state index in [-0.39, 0.29) is 36.4 Å². The molecule has 0 atom stereocenters. The highest BCUT2D eigenvalue weighted by atomic mass is 19.1. The molecule has 148 valence electrons. The number of rotatable bonds is 5. The van der Waals surface area contributed by atoms with Gasteiger partial charge in [0.2, 0.25) is 5.91 Å². The molecule has 1 saturated heterocycles. The average Bonchev–Trinajstić information content (AvgIpc) is 2.60. The maximum Gasteiger partial charge on any atom is 0.410 e. The molecule has 2 amide bonds.